The van der Waals surface area contributed by atoms with Crippen LogP contribution in [0, 0.1) is 0 Å². The van der Waals surface area contributed by atoms with Gasteiger partial charge in [-0.05, 0) is 66.6 Å². The average molecular weight is 463 g/mol. The van der Waals surface area contributed by atoms with Gasteiger partial charge in [-0.1, -0.05) is 37.3 Å². The van der Waals surface area contributed by atoms with Gasteiger partial charge in [0.05, 0.1) is 13.2 Å². The molecule has 33 heavy (non-hydrogen) atoms. The van der Waals surface area contributed by atoms with Crippen molar-refractivity contribution in [2.24, 2.45) is 0 Å². The van der Waals surface area contributed by atoms with Crippen LogP contribution in [0.3, 0.4) is 0 Å². The summed E-state index contributed by atoms with van der Waals surface area (Å²) in [4.78, 5) is 32.0. The summed E-state index contributed by atoms with van der Waals surface area (Å²) in [6.07, 6.45) is 1.61. The molecular weight excluding hydrogens is 432 g/mol. The second-order valence-electron chi connectivity index (χ2n) is 8.37. The van der Waals surface area contributed by atoms with Crippen LogP contribution < -0.4 is 4.74 Å². The number of hydrogen-bond donors (Lipinski definition) is 0. The van der Waals surface area contributed by atoms with E-state index >= 15 is 0 Å². The quantitative estimate of drug-likeness (QED) is 0.487. The molecule has 0 spiro atoms. The van der Waals surface area contributed by atoms with E-state index in [1.54, 1.807) is 35.5 Å². The molecule has 2 unspecified atom stereocenters. The summed E-state index contributed by atoms with van der Waals surface area (Å²) >= 11 is 1.74. The fourth-order valence-corrected chi connectivity index (χ4v) is 5.27. The first-order valence-corrected chi connectivity index (χ1v) is 12.3. The summed E-state index contributed by atoms with van der Waals surface area (Å²) in [5.41, 5.74) is 2.83. The van der Waals surface area contributed by atoms with Gasteiger partial charge in [-0.25, -0.2) is 0 Å². The van der Waals surface area contributed by atoms with Crippen LogP contribution in [0.1, 0.15) is 52.7 Å². The molecule has 4 rings (SSSR count). The van der Waals surface area contributed by atoms with Crippen molar-refractivity contribution in [2.45, 2.75) is 38.8 Å². The number of ether oxygens (including phenoxy) is 1. The molecule has 6 heteroatoms. The topological polar surface area (TPSA) is 49.9 Å². The smallest absolute Gasteiger partial charge is 0.254 e. The molecule has 2 amide bonds. The molecular formula is C27H30N2O3S. The Bertz CT molecular complexity index is 1090. The molecule has 1 aliphatic heterocycles. The summed E-state index contributed by atoms with van der Waals surface area (Å²) in [6, 6.07) is 19.0. The number of thiophene rings is 1. The van der Waals surface area contributed by atoms with Gasteiger partial charge in [0.25, 0.3) is 5.91 Å². The van der Waals surface area contributed by atoms with Crippen molar-refractivity contribution in [1.82, 2.24) is 9.80 Å². The van der Waals surface area contributed by atoms with Gasteiger partial charge in [-0.15, -0.1) is 11.3 Å². The lowest BCUT2D eigenvalue weighted by Crippen LogP contribution is -2.49. The number of rotatable bonds is 7. The van der Waals surface area contributed by atoms with Crippen molar-refractivity contribution >= 4 is 23.2 Å². The summed E-state index contributed by atoms with van der Waals surface area (Å²) in [5, 5.41) is 2.10. The Morgan fingerprint density at radius 2 is 1.85 bits per heavy atom. The minimum Gasteiger partial charge on any atom is -0.497 e. The maximum atomic E-state index is 13.7. The predicted molar refractivity (Wildman–Crippen MR) is 132 cm³/mol. The van der Waals surface area contributed by atoms with E-state index in [1.807, 2.05) is 61.2 Å². The number of carbonyl (C=O) groups is 2. The number of fused-ring (bicyclic) bond motifs is 1. The third-order valence-corrected chi connectivity index (χ3v) is 7.42. The Balaban J connectivity index is 1.63. The van der Waals surface area contributed by atoms with Gasteiger partial charge in [-0.2, -0.15) is 0 Å². The molecule has 0 fully saturated rings. The van der Waals surface area contributed by atoms with Gasteiger partial charge in [0.1, 0.15) is 12.3 Å². The number of benzene rings is 2. The van der Waals surface area contributed by atoms with Gasteiger partial charge in [0.15, 0.2) is 0 Å². The summed E-state index contributed by atoms with van der Waals surface area (Å²) in [6.45, 7) is 4.74. The molecule has 0 radical (unpaired) electrons. The zero-order chi connectivity index (χ0) is 23.4. The van der Waals surface area contributed by atoms with Crippen LogP contribution in [0.2, 0.25) is 0 Å². The maximum absolute atomic E-state index is 13.7. The maximum Gasteiger partial charge on any atom is 0.254 e. The van der Waals surface area contributed by atoms with Crippen LogP contribution in [-0.2, 0) is 11.2 Å². The average Bonchev–Trinajstić information content (AvgIpc) is 3.35. The highest BCUT2D eigenvalue weighted by atomic mass is 32.1. The van der Waals surface area contributed by atoms with Crippen LogP contribution >= 0.6 is 11.3 Å². The Hall–Kier alpha value is -3.12. The Morgan fingerprint density at radius 1 is 1.12 bits per heavy atom. The second kappa shape index (κ2) is 10.2. The standard InChI is InChI=1S/C27H30N2O3S/c1-4-19(2)29(27(31)21-8-6-5-7-9-21)18-25(30)28-16-14-24-23(15-17-33-24)26(28)20-10-12-22(32-3)13-11-20/h5-13,15,17,19,26H,4,14,16,18H2,1-3H3. The highest BCUT2D eigenvalue weighted by Gasteiger charge is 2.34. The SMILES string of the molecule is CCC(C)N(CC(=O)N1CCc2sccc2C1c1ccc(OC)cc1)C(=O)c1ccccc1. The zero-order valence-corrected chi connectivity index (χ0v) is 20.2. The number of amides is 2. The van der Waals surface area contributed by atoms with Gasteiger partial charge in [0, 0.05) is 23.0 Å². The van der Waals surface area contributed by atoms with E-state index < -0.39 is 0 Å². The van der Waals surface area contributed by atoms with E-state index in [9.17, 15) is 9.59 Å². The fraction of sp³-hybridized carbons (Fsp3) is 0.333. The normalized spacial score (nSPS) is 16.1. The molecule has 5 nitrogen and oxygen atoms in total. The predicted octanol–water partition coefficient (Wildman–Crippen LogP) is 5.17. The van der Waals surface area contributed by atoms with Crippen molar-refractivity contribution < 1.29 is 14.3 Å². The molecule has 2 aromatic carbocycles. The first-order valence-electron chi connectivity index (χ1n) is 11.4. The van der Waals surface area contributed by atoms with Crippen molar-refractivity contribution in [3.05, 3.63) is 87.6 Å². The molecule has 3 aromatic rings. The lowest BCUT2D eigenvalue weighted by atomic mass is 9.93. The van der Waals surface area contributed by atoms with Crippen molar-refractivity contribution in [1.29, 1.82) is 0 Å². The van der Waals surface area contributed by atoms with Crippen molar-refractivity contribution in [2.75, 3.05) is 20.2 Å². The highest BCUT2D eigenvalue weighted by Crippen LogP contribution is 2.38. The van der Waals surface area contributed by atoms with E-state index in [0.717, 1.165) is 24.2 Å². The van der Waals surface area contributed by atoms with Crippen LogP contribution in [0.25, 0.3) is 0 Å². The third-order valence-electron chi connectivity index (χ3n) is 6.43. The first kappa shape index (κ1) is 23.1. The van der Waals surface area contributed by atoms with Crippen LogP contribution in [0.5, 0.6) is 5.75 Å². The molecule has 2 atom stereocenters. The van der Waals surface area contributed by atoms with E-state index in [0.29, 0.717) is 12.1 Å². The van der Waals surface area contributed by atoms with Crippen LogP contribution in [0.15, 0.2) is 66.0 Å². The Kier molecular flexibility index (Phi) is 7.14. The first-order chi connectivity index (χ1) is 16.0. The van der Waals surface area contributed by atoms with E-state index in [4.69, 9.17) is 4.74 Å². The zero-order valence-electron chi connectivity index (χ0n) is 19.4. The van der Waals surface area contributed by atoms with Crippen molar-refractivity contribution in [3.63, 3.8) is 0 Å². The molecule has 0 saturated heterocycles. The molecule has 0 bridgehead atoms. The number of methoxy groups -OCH3 is 1. The highest BCUT2D eigenvalue weighted by molar-refractivity contribution is 7.10. The number of hydrogen-bond acceptors (Lipinski definition) is 4. The molecule has 1 aromatic heterocycles. The van der Waals surface area contributed by atoms with Gasteiger partial charge in [-0.3, -0.25) is 9.59 Å². The molecule has 1 aliphatic rings. The summed E-state index contributed by atoms with van der Waals surface area (Å²) in [5.74, 6) is 0.652. The minimum atomic E-state index is -0.163. The van der Waals surface area contributed by atoms with Gasteiger partial charge < -0.3 is 14.5 Å². The number of carbonyl (C=O) groups excluding carboxylic acids is 2. The second-order valence-corrected chi connectivity index (χ2v) is 9.37. The molecule has 0 N–H and O–H groups in total. The van der Waals surface area contributed by atoms with E-state index in [1.165, 1.54) is 10.4 Å². The van der Waals surface area contributed by atoms with E-state index in [2.05, 4.69) is 11.4 Å². The monoisotopic (exact) mass is 462 g/mol. The van der Waals surface area contributed by atoms with Crippen LogP contribution in [0.4, 0.5) is 0 Å². The summed E-state index contributed by atoms with van der Waals surface area (Å²) in [7, 11) is 1.65. The fourth-order valence-electron chi connectivity index (χ4n) is 4.36. The van der Waals surface area contributed by atoms with Gasteiger partial charge in [0.2, 0.25) is 5.91 Å². The molecule has 0 aliphatic carbocycles. The molecule has 0 saturated carbocycles. The van der Waals surface area contributed by atoms with E-state index in [-0.39, 0.29) is 30.4 Å². The van der Waals surface area contributed by atoms with Crippen LogP contribution in [-0.4, -0.2) is 47.9 Å². The molecule has 172 valence electrons. The lowest BCUT2D eigenvalue weighted by Gasteiger charge is -2.38. The third kappa shape index (κ3) is 4.81. The summed E-state index contributed by atoms with van der Waals surface area (Å²) < 4.78 is 5.32. The Morgan fingerprint density at radius 3 is 2.52 bits per heavy atom. The minimum absolute atomic E-state index is 0.0303. The number of nitrogens with zero attached hydrogens (tertiary/aromatic N) is 2. The van der Waals surface area contributed by atoms with Gasteiger partial charge >= 0.3 is 0 Å². The lowest BCUT2D eigenvalue weighted by molar-refractivity contribution is -0.134. The Labute approximate surface area is 199 Å². The largest absolute Gasteiger partial charge is 0.497 e. The van der Waals surface area contributed by atoms with Crippen molar-refractivity contribution in [3.8, 4) is 5.75 Å². The molecule has 2 heterocycles.